The van der Waals surface area contributed by atoms with E-state index >= 15 is 0 Å². The Balaban J connectivity index is 1.49. The van der Waals surface area contributed by atoms with Crippen LogP contribution in [0.2, 0.25) is 10.0 Å². The van der Waals surface area contributed by atoms with Crippen molar-refractivity contribution >= 4 is 35.2 Å². The highest BCUT2D eigenvalue weighted by Crippen LogP contribution is 2.35. The molecule has 20 heteroatoms. The van der Waals surface area contributed by atoms with Crippen molar-refractivity contribution in [1.82, 2.24) is 44.3 Å². The van der Waals surface area contributed by atoms with Gasteiger partial charge in [-0.2, -0.15) is 13.2 Å². The number of carbonyl (C=O) groups excluding carboxylic acids is 1. The summed E-state index contributed by atoms with van der Waals surface area (Å²) in [6.45, 7) is -3.09. The molecule has 1 aromatic carbocycles. The summed E-state index contributed by atoms with van der Waals surface area (Å²) in [6, 6.07) is 3.10. The molecule has 4 heterocycles. The number of aromatic nitrogens is 7. The number of pyridine rings is 1. The smallest absolute Gasteiger partial charge is 0.410 e. The Hall–Kier alpha value is -4.58. The summed E-state index contributed by atoms with van der Waals surface area (Å²) in [7, 11) is 0. The zero-order valence-corrected chi connectivity index (χ0v) is 23.3. The maximum atomic E-state index is 14.1. The van der Waals surface area contributed by atoms with Crippen LogP contribution in [0.3, 0.4) is 0 Å². The van der Waals surface area contributed by atoms with Gasteiger partial charge < -0.3 is 10.4 Å². The van der Waals surface area contributed by atoms with Gasteiger partial charge in [0.1, 0.15) is 18.9 Å². The molecule has 0 saturated carbocycles. The molecule has 0 spiro atoms. The van der Waals surface area contributed by atoms with Gasteiger partial charge in [0.2, 0.25) is 5.91 Å². The molecule has 5 rings (SSSR count). The molecule has 0 aliphatic carbocycles. The Morgan fingerprint density at radius 2 is 1.82 bits per heavy atom. The molecule has 1 saturated heterocycles. The molecule has 1 fully saturated rings. The maximum Gasteiger partial charge on any atom is 0.410 e. The second-order valence-corrected chi connectivity index (χ2v) is 10.3. The molecule has 3 aromatic heterocycles. The molecule has 232 valence electrons. The lowest BCUT2D eigenvalue weighted by atomic mass is 9.97. The maximum absolute atomic E-state index is 14.1. The minimum absolute atomic E-state index is 0.00257. The first-order valence-corrected chi connectivity index (χ1v) is 13.1. The number of benzene rings is 1. The van der Waals surface area contributed by atoms with Gasteiger partial charge in [0.05, 0.1) is 18.1 Å². The monoisotopic (exact) mass is 661 g/mol. The van der Waals surface area contributed by atoms with E-state index < -0.39 is 61.5 Å². The Morgan fingerprint density at radius 3 is 2.43 bits per heavy atom. The van der Waals surface area contributed by atoms with Crippen LogP contribution in [0.4, 0.5) is 26.7 Å². The number of likely N-dealkylation sites (tertiary alicyclic amines) is 1. The normalized spacial score (nSPS) is 16.8. The van der Waals surface area contributed by atoms with Gasteiger partial charge in [0.15, 0.2) is 23.5 Å². The molecule has 0 radical (unpaired) electrons. The van der Waals surface area contributed by atoms with Crippen molar-refractivity contribution in [3.63, 3.8) is 0 Å². The Bertz CT molecular complexity index is 1770. The minimum atomic E-state index is -5.26. The van der Waals surface area contributed by atoms with E-state index in [1.807, 2.05) is 0 Å². The second kappa shape index (κ2) is 11.5. The van der Waals surface area contributed by atoms with Crippen LogP contribution in [0.1, 0.15) is 5.82 Å². The number of alkyl halides is 5. The summed E-state index contributed by atoms with van der Waals surface area (Å²) < 4.78 is 73.0. The summed E-state index contributed by atoms with van der Waals surface area (Å²) in [5, 5.41) is 19.3. The Labute approximate surface area is 252 Å². The topological polar surface area (TPSA) is 153 Å². The lowest BCUT2D eigenvalue weighted by molar-refractivity contribution is -0.190. The average Bonchev–Trinajstić information content (AvgIpc) is 3.52. The minimum Gasteiger partial charge on any atom is -0.465 e. The number of carboxylic acid groups (broad SMARTS) is 1. The van der Waals surface area contributed by atoms with Crippen LogP contribution in [-0.4, -0.2) is 86.8 Å². The van der Waals surface area contributed by atoms with Gasteiger partial charge in [0, 0.05) is 16.8 Å². The summed E-state index contributed by atoms with van der Waals surface area (Å²) in [4.78, 5) is 45.3. The van der Waals surface area contributed by atoms with Gasteiger partial charge in [0.25, 0.3) is 5.92 Å². The van der Waals surface area contributed by atoms with Crippen molar-refractivity contribution in [2.75, 3.05) is 6.54 Å². The molecular weight excluding hydrogens is 644 g/mol. The van der Waals surface area contributed by atoms with Crippen LogP contribution in [0.15, 0.2) is 53.7 Å². The van der Waals surface area contributed by atoms with Crippen molar-refractivity contribution in [2.24, 2.45) is 0 Å². The van der Waals surface area contributed by atoms with Crippen LogP contribution in [0.5, 0.6) is 0 Å². The van der Waals surface area contributed by atoms with Crippen LogP contribution in [0.25, 0.3) is 17.2 Å². The number of amides is 2. The molecule has 44 heavy (non-hydrogen) atoms. The first-order chi connectivity index (χ1) is 20.7. The third-order valence-corrected chi connectivity index (χ3v) is 7.02. The predicted octanol–water partition coefficient (Wildman–Crippen LogP) is 3.09. The van der Waals surface area contributed by atoms with Crippen LogP contribution >= 0.6 is 23.2 Å². The van der Waals surface area contributed by atoms with Crippen LogP contribution in [-0.2, 0) is 17.9 Å². The zero-order valence-electron chi connectivity index (χ0n) is 21.8. The number of nitrogens with one attached hydrogen (secondary N) is 1. The van der Waals surface area contributed by atoms with E-state index in [2.05, 4.69) is 20.2 Å². The van der Waals surface area contributed by atoms with E-state index in [1.54, 1.807) is 12.1 Å². The Kier molecular flexibility index (Phi) is 8.06. The fourth-order valence-corrected chi connectivity index (χ4v) is 4.70. The first-order valence-electron chi connectivity index (χ1n) is 12.3. The lowest BCUT2D eigenvalue weighted by Gasteiger charge is -2.44. The summed E-state index contributed by atoms with van der Waals surface area (Å²) in [6.07, 6.45) is -4.47. The van der Waals surface area contributed by atoms with Gasteiger partial charge in [-0.15, -0.1) is 10.2 Å². The summed E-state index contributed by atoms with van der Waals surface area (Å²) in [5.41, 5.74) is -0.939. The predicted molar refractivity (Wildman–Crippen MR) is 142 cm³/mol. The van der Waals surface area contributed by atoms with Crippen molar-refractivity contribution in [1.29, 1.82) is 0 Å². The highest BCUT2D eigenvalue weighted by Gasteiger charge is 2.61. The van der Waals surface area contributed by atoms with Crippen molar-refractivity contribution in [2.45, 2.75) is 37.3 Å². The van der Waals surface area contributed by atoms with E-state index in [9.17, 15) is 36.3 Å². The molecule has 2 atom stereocenters. The van der Waals surface area contributed by atoms with Gasteiger partial charge in [-0.25, -0.2) is 37.7 Å². The number of rotatable bonds is 8. The van der Waals surface area contributed by atoms with Gasteiger partial charge in [-0.3, -0.25) is 14.3 Å². The van der Waals surface area contributed by atoms with Gasteiger partial charge in [-0.1, -0.05) is 23.2 Å². The quantitative estimate of drug-likeness (QED) is 0.273. The summed E-state index contributed by atoms with van der Waals surface area (Å²) >= 11 is 12.0. The number of nitrogens with zero attached hydrogens (tertiary/aromatic N) is 8. The van der Waals surface area contributed by atoms with Crippen LogP contribution in [0, 0.1) is 0 Å². The van der Waals surface area contributed by atoms with Gasteiger partial charge in [-0.05, 0) is 36.4 Å². The molecule has 1 aliphatic rings. The molecular formula is C24H18Cl2F5N9O4. The van der Waals surface area contributed by atoms with Crippen molar-refractivity contribution < 1.29 is 36.6 Å². The largest absolute Gasteiger partial charge is 0.465 e. The SMILES string of the molecule is O=C(NC(Cn1c(-c2ccc(Cl)cc2)nn(Cc2ncn(-c3ncccc3Cl)n2)c1=O)C(F)(F)F)C1N(C(=O)O)CC1(F)F. The fourth-order valence-electron chi connectivity index (χ4n) is 4.37. The lowest BCUT2D eigenvalue weighted by Crippen LogP contribution is -2.72. The van der Waals surface area contributed by atoms with E-state index in [0.717, 1.165) is 4.68 Å². The number of hydrogen-bond donors (Lipinski definition) is 2. The number of hydrogen-bond acceptors (Lipinski definition) is 7. The molecule has 1 aliphatic heterocycles. The van der Waals surface area contributed by atoms with E-state index in [0.29, 0.717) is 4.57 Å². The van der Waals surface area contributed by atoms with E-state index in [1.165, 1.54) is 46.8 Å². The number of halogens is 7. The molecule has 4 aromatic rings. The molecule has 2 N–H and O–H groups in total. The number of carbonyl (C=O) groups is 2. The van der Waals surface area contributed by atoms with Gasteiger partial charge >= 0.3 is 18.0 Å². The fraction of sp³-hybridized carbons (Fsp3) is 0.292. The van der Waals surface area contributed by atoms with Crippen LogP contribution < -0.4 is 11.0 Å². The van der Waals surface area contributed by atoms with E-state index in [-0.39, 0.29) is 38.0 Å². The zero-order chi connectivity index (χ0) is 32.0. The first kappa shape index (κ1) is 30.9. The van der Waals surface area contributed by atoms with E-state index in [4.69, 9.17) is 28.3 Å². The standard InChI is InChI=1S/C24H18Cl2F5N9O4/c25-13-5-3-12(4-6-13)18-36-39(9-16-33-11-40(35-16)19-14(26)2-1-7-32-19)21(42)37(18)8-15(24(29,30)31)34-20(41)17-23(27,28)10-38(17)22(43)44/h1-7,11,15,17H,8-10H2,(H,34,41)(H,43,44). The van der Waals surface area contributed by atoms with Crippen molar-refractivity contribution in [3.05, 3.63) is 75.3 Å². The summed E-state index contributed by atoms with van der Waals surface area (Å²) in [5.74, 6) is -5.85. The Morgan fingerprint density at radius 1 is 1.11 bits per heavy atom. The third-order valence-electron chi connectivity index (χ3n) is 6.48. The molecule has 2 amide bonds. The molecule has 0 bridgehead atoms. The second-order valence-electron chi connectivity index (χ2n) is 9.47. The van der Waals surface area contributed by atoms with Crippen molar-refractivity contribution in [3.8, 4) is 17.2 Å². The molecule has 13 nitrogen and oxygen atoms in total. The third kappa shape index (κ3) is 6.07. The average molecular weight is 662 g/mol. The molecule has 2 unspecified atom stereocenters. The highest BCUT2D eigenvalue weighted by molar-refractivity contribution is 6.32. The highest BCUT2D eigenvalue weighted by atomic mass is 35.5.